The van der Waals surface area contributed by atoms with Crippen LogP contribution in [-0.2, 0) is 9.47 Å². The minimum atomic E-state index is 0.0199. The molecule has 0 aromatic rings. The Balaban J connectivity index is 4.16. The third-order valence-corrected chi connectivity index (χ3v) is 5.95. The Morgan fingerprint density at radius 3 is 1.52 bits per heavy atom. The van der Waals surface area contributed by atoms with Gasteiger partial charge in [0.1, 0.15) is 0 Å². The molecule has 3 nitrogen and oxygen atoms in total. The molecule has 0 unspecified atom stereocenters. The largest absolute Gasteiger partial charge is 0.396 e. The number of rotatable bonds is 23. The van der Waals surface area contributed by atoms with E-state index < -0.39 is 0 Å². The van der Waals surface area contributed by atoms with Gasteiger partial charge in [-0.2, -0.15) is 0 Å². The molecule has 0 aliphatic carbocycles. The van der Waals surface area contributed by atoms with E-state index in [4.69, 9.17) is 9.47 Å². The maximum Gasteiger partial charge on any atom is 0.0883 e. The van der Waals surface area contributed by atoms with Crippen LogP contribution < -0.4 is 0 Å². The van der Waals surface area contributed by atoms with Gasteiger partial charge in [-0.05, 0) is 19.3 Å². The van der Waals surface area contributed by atoms with Gasteiger partial charge < -0.3 is 14.6 Å². The first-order chi connectivity index (χ1) is 14.2. The maximum absolute atomic E-state index is 9.71. The van der Waals surface area contributed by atoms with Crippen LogP contribution in [0.2, 0.25) is 0 Å². The molecular weight excluding hydrogens is 360 g/mol. The molecule has 176 valence electrons. The summed E-state index contributed by atoms with van der Waals surface area (Å²) in [4.78, 5) is 0. The number of aliphatic hydroxyl groups is 1. The molecule has 0 aromatic carbocycles. The van der Waals surface area contributed by atoms with Crippen molar-refractivity contribution in [3.63, 3.8) is 0 Å². The molecule has 0 fully saturated rings. The molecular formula is C26H54O3. The van der Waals surface area contributed by atoms with Crippen LogP contribution in [0, 0.1) is 5.92 Å². The van der Waals surface area contributed by atoms with Gasteiger partial charge in [0.15, 0.2) is 0 Å². The lowest BCUT2D eigenvalue weighted by Gasteiger charge is -2.31. The third-order valence-electron chi connectivity index (χ3n) is 5.95. The standard InChI is InChI=1S/C26H54O3/c1-5-8-11-12-13-14-15-16-17-18-19-20-25(28-21-9-6-2)26(24(4)23-27)29-22-10-7-3/h24-27H,5-23H2,1-4H3/t24-,25+,26-/m0/s1. The van der Waals surface area contributed by atoms with Crippen molar-refractivity contribution < 1.29 is 14.6 Å². The van der Waals surface area contributed by atoms with Crippen LogP contribution in [0.3, 0.4) is 0 Å². The lowest BCUT2D eigenvalue weighted by molar-refractivity contribution is -0.107. The third kappa shape index (κ3) is 17.3. The quantitative estimate of drug-likeness (QED) is 0.174. The Labute approximate surface area is 183 Å². The zero-order valence-electron chi connectivity index (χ0n) is 20.4. The van der Waals surface area contributed by atoms with Gasteiger partial charge in [-0.1, -0.05) is 111 Å². The van der Waals surface area contributed by atoms with Crippen molar-refractivity contribution in [2.24, 2.45) is 5.92 Å². The van der Waals surface area contributed by atoms with Crippen molar-refractivity contribution in [3.05, 3.63) is 0 Å². The molecule has 0 saturated carbocycles. The fourth-order valence-electron chi connectivity index (χ4n) is 3.84. The second kappa shape index (κ2) is 22.6. The molecule has 3 heteroatoms. The van der Waals surface area contributed by atoms with Gasteiger partial charge >= 0.3 is 0 Å². The van der Waals surface area contributed by atoms with E-state index in [0.717, 1.165) is 45.3 Å². The van der Waals surface area contributed by atoms with Gasteiger partial charge in [0.05, 0.1) is 12.2 Å². The number of hydrogen-bond acceptors (Lipinski definition) is 3. The van der Waals surface area contributed by atoms with Gasteiger partial charge in [-0.25, -0.2) is 0 Å². The number of unbranched alkanes of at least 4 members (excludes halogenated alkanes) is 12. The van der Waals surface area contributed by atoms with Crippen molar-refractivity contribution in [1.82, 2.24) is 0 Å². The Morgan fingerprint density at radius 2 is 1.03 bits per heavy atom. The number of ether oxygens (including phenoxy) is 2. The normalized spacial score (nSPS) is 14.8. The van der Waals surface area contributed by atoms with E-state index in [9.17, 15) is 5.11 Å². The van der Waals surface area contributed by atoms with Gasteiger partial charge in [-0.15, -0.1) is 0 Å². The first kappa shape index (κ1) is 28.9. The minimum absolute atomic E-state index is 0.0199. The van der Waals surface area contributed by atoms with Crippen LogP contribution in [0.5, 0.6) is 0 Å². The lowest BCUT2D eigenvalue weighted by Crippen LogP contribution is -2.39. The van der Waals surface area contributed by atoms with Crippen molar-refractivity contribution in [2.75, 3.05) is 19.8 Å². The number of hydrogen-bond donors (Lipinski definition) is 1. The second-order valence-electron chi connectivity index (χ2n) is 8.94. The van der Waals surface area contributed by atoms with Crippen LogP contribution in [0.25, 0.3) is 0 Å². The van der Waals surface area contributed by atoms with E-state index in [1.54, 1.807) is 0 Å². The van der Waals surface area contributed by atoms with Crippen molar-refractivity contribution in [1.29, 1.82) is 0 Å². The van der Waals surface area contributed by atoms with Gasteiger partial charge in [0.25, 0.3) is 0 Å². The van der Waals surface area contributed by atoms with Gasteiger partial charge in [0.2, 0.25) is 0 Å². The highest BCUT2D eigenvalue weighted by Gasteiger charge is 2.27. The molecule has 0 amide bonds. The predicted molar refractivity (Wildman–Crippen MR) is 127 cm³/mol. The van der Waals surface area contributed by atoms with Gasteiger partial charge in [0, 0.05) is 25.7 Å². The summed E-state index contributed by atoms with van der Waals surface area (Å²) in [6.07, 6.45) is 20.7. The molecule has 0 radical (unpaired) electrons. The Bertz CT molecular complexity index is 308. The molecule has 0 heterocycles. The van der Waals surface area contributed by atoms with Crippen molar-refractivity contribution in [3.8, 4) is 0 Å². The molecule has 0 spiro atoms. The van der Waals surface area contributed by atoms with E-state index in [1.807, 2.05) is 0 Å². The molecule has 1 N–H and O–H groups in total. The van der Waals surface area contributed by atoms with Gasteiger partial charge in [-0.3, -0.25) is 0 Å². The van der Waals surface area contributed by atoms with Crippen LogP contribution in [-0.4, -0.2) is 37.1 Å². The summed E-state index contributed by atoms with van der Waals surface area (Å²) in [6, 6.07) is 0. The molecule has 0 aliphatic heterocycles. The Hall–Kier alpha value is -0.120. The van der Waals surface area contributed by atoms with Crippen LogP contribution >= 0.6 is 0 Å². The van der Waals surface area contributed by atoms with E-state index in [-0.39, 0.29) is 24.7 Å². The smallest absolute Gasteiger partial charge is 0.0883 e. The Morgan fingerprint density at radius 1 is 0.586 bits per heavy atom. The highest BCUT2D eigenvalue weighted by Crippen LogP contribution is 2.21. The molecule has 0 saturated heterocycles. The summed E-state index contributed by atoms with van der Waals surface area (Å²) in [5, 5.41) is 9.71. The number of aliphatic hydroxyl groups excluding tert-OH is 1. The second-order valence-corrected chi connectivity index (χ2v) is 8.94. The fourth-order valence-corrected chi connectivity index (χ4v) is 3.84. The van der Waals surface area contributed by atoms with E-state index in [1.165, 1.54) is 70.6 Å². The average molecular weight is 415 g/mol. The first-order valence-electron chi connectivity index (χ1n) is 13.0. The molecule has 0 aliphatic rings. The zero-order valence-corrected chi connectivity index (χ0v) is 20.4. The molecule has 0 rings (SSSR count). The van der Waals surface area contributed by atoms with Crippen LogP contribution in [0.4, 0.5) is 0 Å². The summed E-state index contributed by atoms with van der Waals surface area (Å²) < 4.78 is 12.4. The lowest BCUT2D eigenvalue weighted by atomic mass is 9.95. The molecule has 0 bridgehead atoms. The maximum atomic E-state index is 9.71. The summed E-state index contributed by atoms with van der Waals surface area (Å²) >= 11 is 0. The predicted octanol–water partition coefficient (Wildman–Crippen LogP) is 7.69. The first-order valence-corrected chi connectivity index (χ1v) is 13.0. The SMILES string of the molecule is CCCCCCCCCCCCC[C@@H](OCCCC)[C@@H](OCCCC)[C@@H](C)CO. The fraction of sp³-hybridized carbons (Fsp3) is 1.00. The topological polar surface area (TPSA) is 38.7 Å². The van der Waals surface area contributed by atoms with Crippen molar-refractivity contribution >= 4 is 0 Å². The van der Waals surface area contributed by atoms with E-state index >= 15 is 0 Å². The molecule has 29 heavy (non-hydrogen) atoms. The summed E-state index contributed by atoms with van der Waals surface area (Å²) in [6.45, 7) is 10.5. The molecule has 0 aromatic heterocycles. The highest BCUT2D eigenvalue weighted by atomic mass is 16.5. The van der Waals surface area contributed by atoms with E-state index in [2.05, 4.69) is 27.7 Å². The van der Waals surface area contributed by atoms with Crippen LogP contribution in [0.1, 0.15) is 130 Å². The monoisotopic (exact) mass is 414 g/mol. The summed E-state index contributed by atoms with van der Waals surface area (Å²) in [5.74, 6) is 0.131. The highest BCUT2D eigenvalue weighted by molar-refractivity contribution is 4.77. The molecule has 3 atom stereocenters. The van der Waals surface area contributed by atoms with E-state index in [0.29, 0.717) is 0 Å². The van der Waals surface area contributed by atoms with Crippen LogP contribution in [0.15, 0.2) is 0 Å². The Kier molecular flexibility index (Phi) is 22.5. The minimum Gasteiger partial charge on any atom is -0.396 e. The summed E-state index contributed by atoms with van der Waals surface area (Å²) in [7, 11) is 0. The average Bonchev–Trinajstić information content (AvgIpc) is 2.73. The summed E-state index contributed by atoms with van der Waals surface area (Å²) in [5.41, 5.74) is 0. The van der Waals surface area contributed by atoms with Crippen molar-refractivity contribution in [2.45, 2.75) is 143 Å². The zero-order chi connectivity index (χ0) is 21.6.